The number of aliphatic carboxylic acids is 5. The lowest BCUT2D eigenvalue weighted by Crippen LogP contribution is -2.51. The minimum atomic E-state index is -1.77. The number of hydrogen-bond acceptors (Lipinski definition) is 19. The Hall–Kier alpha value is -7.99. The molecular weight excluding hydrogens is 1210 g/mol. The fraction of sp³-hybridized carbons (Fsp3) is 0.639. The van der Waals surface area contributed by atoms with Crippen molar-refractivity contribution in [2.75, 3.05) is 31.8 Å². The number of ketones is 5. The largest absolute Gasteiger partial charge is 0.481 e. The van der Waals surface area contributed by atoms with Crippen molar-refractivity contribution in [2.24, 2.45) is 23.5 Å². The van der Waals surface area contributed by atoms with Crippen LogP contribution in [0.15, 0.2) is 24.3 Å². The zero-order valence-electron chi connectivity index (χ0n) is 52.2. The Kier molecular flexibility index (Phi) is 36.0. The molecule has 12 N–H and O–H groups in total. The summed E-state index contributed by atoms with van der Waals surface area (Å²) in [5.74, 6) is -17.2. The third kappa shape index (κ3) is 31.5. The molecule has 29 nitrogen and oxygen atoms in total. The second-order valence-electron chi connectivity index (χ2n) is 23.1. The van der Waals surface area contributed by atoms with E-state index in [-0.39, 0.29) is 81.1 Å². The molecular formula is C61H89N7O22S. The van der Waals surface area contributed by atoms with Gasteiger partial charge in [-0.3, -0.25) is 76.7 Å². The third-order valence-electron chi connectivity index (χ3n) is 14.9. The Balaban J connectivity index is 2.34. The molecule has 1 aliphatic heterocycles. The van der Waals surface area contributed by atoms with E-state index in [2.05, 4.69) is 26.6 Å². The number of carboxylic acid groups (broad SMARTS) is 5. The van der Waals surface area contributed by atoms with Gasteiger partial charge in [-0.05, 0) is 95.8 Å². The van der Waals surface area contributed by atoms with E-state index in [1.165, 1.54) is 36.1 Å². The van der Waals surface area contributed by atoms with Crippen molar-refractivity contribution in [1.82, 2.24) is 31.5 Å². The number of carbonyl (C=O) groups excluding carboxylic acids is 11. The van der Waals surface area contributed by atoms with Crippen LogP contribution >= 0.6 is 11.8 Å². The lowest BCUT2D eigenvalue weighted by Gasteiger charge is -2.27. The van der Waals surface area contributed by atoms with Gasteiger partial charge < -0.3 is 67.5 Å². The maximum atomic E-state index is 14.3. The summed E-state index contributed by atoms with van der Waals surface area (Å²) in [5, 5.41) is 60.0. The Morgan fingerprint density at radius 2 is 1.07 bits per heavy atom. The summed E-state index contributed by atoms with van der Waals surface area (Å²) in [7, 11) is 0. The number of nitrogens with two attached hydrogens (primary N) is 1. The average Bonchev–Trinajstić information content (AvgIpc) is 2.34. The standard InChI is InChI=1S/C61H89N7O22S/c1-34(2)28-44(48(71)19-20-51(74)63-35(3)33-91-5)67-61(89)46-8-6-26-68(46)52(75)32-90-27-7-9-47(70)45(29-37-10-12-38(13-11-37)36(4)69)66-59(87)40(15-22-54(78)79)31-49(72)42(17-24-56(82)83)64-58(86)39(14-21-53(76)77)30-50(73)43(18-25-57(84)85)65-60(88)41(62)16-23-55(80)81/h10-13,34-35,39-46H,6-9,14-33,62H2,1-5H3,(H,63,74)(H,64,86)(H,65,88)(H,66,87)(H,67,89)(H,76,77)(H,78,79)(H,80,81)(H,82,83)(H,84,85)/t35-,39+,40+,41-,42-,43-,44+,45+,46+/m1/s1. The lowest BCUT2D eigenvalue weighted by atomic mass is 9.89. The van der Waals surface area contributed by atoms with Crippen LogP contribution < -0.4 is 32.3 Å². The molecule has 0 unspecified atom stereocenters. The molecule has 0 saturated carbocycles. The summed E-state index contributed by atoms with van der Waals surface area (Å²) >= 11 is 1.57. The van der Waals surface area contributed by atoms with Crippen LogP contribution in [0.3, 0.4) is 0 Å². The molecule has 0 spiro atoms. The molecule has 0 aliphatic carbocycles. The molecule has 0 radical (unpaired) electrons. The second-order valence-corrected chi connectivity index (χ2v) is 24.0. The first-order valence-electron chi connectivity index (χ1n) is 30.2. The number of nitrogens with zero attached hydrogens (tertiary/aromatic N) is 1. The molecule has 30 heteroatoms. The maximum Gasteiger partial charge on any atom is 0.303 e. The number of amides is 6. The Labute approximate surface area is 531 Å². The van der Waals surface area contributed by atoms with Crippen LogP contribution in [0.25, 0.3) is 0 Å². The van der Waals surface area contributed by atoms with E-state index in [0.29, 0.717) is 36.1 Å². The Bertz CT molecular complexity index is 2740. The predicted octanol–water partition coefficient (Wildman–Crippen LogP) is 1.79. The summed E-state index contributed by atoms with van der Waals surface area (Å²) < 4.78 is 5.67. The first-order valence-corrected chi connectivity index (χ1v) is 31.6. The molecule has 1 aromatic carbocycles. The lowest BCUT2D eigenvalue weighted by molar-refractivity contribution is -0.142. The average molecular weight is 1300 g/mol. The molecule has 6 amide bonds. The summed E-state index contributed by atoms with van der Waals surface area (Å²) in [5.41, 5.74) is 6.56. The highest BCUT2D eigenvalue weighted by Gasteiger charge is 2.38. The fourth-order valence-corrected chi connectivity index (χ4v) is 10.6. The molecule has 9 atom stereocenters. The van der Waals surface area contributed by atoms with Gasteiger partial charge in [0, 0.05) is 107 Å². The van der Waals surface area contributed by atoms with Gasteiger partial charge in [-0.25, -0.2) is 0 Å². The molecule has 2 rings (SSSR count). The van der Waals surface area contributed by atoms with Gasteiger partial charge in [-0.15, -0.1) is 0 Å². The zero-order chi connectivity index (χ0) is 68.5. The summed E-state index contributed by atoms with van der Waals surface area (Å²) in [4.78, 5) is 208. The van der Waals surface area contributed by atoms with E-state index >= 15 is 0 Å². The van der Waals surface area contributed by atoms with Gasteiger partial charge in [0.05, 0.1) is 30.2 Å². The molecule has 1 aromatic rings. The van der Waals surface area contributed by atoms with Gasteiger partial charge in [0.15, 0.2) is 28.9 Å². The molecule has 1 fully saturated rings. The fourth-order valence-electron chi connectivity index (χ4n) is 9.97. The van der Waals surface area contributed by atoms with Crippen molar-refractivity contribution in [3.05, 3.63) is 35.4 Å². The highest BCUT2D eigenvalue weighted by molar-refractivity contribution is 7.98. The zero-order valence-corrected chi connectivity index (χ0v) is 53.0. The molecule has 506 valence electrons. The van der Waals surface area contributed by atoms with Gasteiger partial charge in [-0.2, -0.15) is 11.8 Å². The number of ether oxygens (including phenoxy) is 1. The summed E-state index contributed by atoms with van der Waals surface area (Å²) in [6, 6.07) is -2.10. The van der Waals surface area contributed by atoms with Crippen LogP contribution in [0.1, 0.15) is 166 Å². The van der Waals surface area contributed by atoms with Gasteiger partial charge in [0.2, 0.25) is 35.4 Å². The first kappa shape index (κ1) is 79.1. The van der Waals surface area contributed by atoms with E-state index in [4.69, 9.17) is 15.6 Å². The van der Waals surface area contributed by atoms with E-state index < -0.39 is 202 Å². The van der Waals surface area contributed by atoms with Gasteiger partial charge >= 0.3 is 29.8 Å². The van der Waals surface area contributed by atoms with Crippen molar-refractivity contribution in [1.29, 1.82) is 0 Å². The van der Waals surface area contributed by atoms with Crippen LogP contribution in [0, 0.1) is 17.8 Å². The molecule has 1 saturated heterocycles. The van der Waals surface area contributed by atoms with E-state index in [9.17, 15) is 97.1 Å². The van der Waals surface area contributed by atoms with Crippen LogP contribution in [0.2, 0.25) is 0 Å². The maximum absolute atomic E-state index is 14.3. The van der Waals surface area contributed by atoms with Crippen LogP contribution in [-0.2, 0) is 83.1 Å². The first-order chi connectivity index (χ1) is 42.8. The number of carboxylic acids is 5. The minimum absolute atomic E-state index is 0.00368. The number of Topliss-reactive ketones (excluding diaryl/α,β-unsaturated/α-hetero) is 5. The van der Waals surface area contributed by atoms with Gasteiger partial charge in [0.1, 0.15) is 12.6 Å². The highest BCUT2D eigenvalue weighted by atomic mass is 32.2. The number of rotatable bonds is 48. The highest BCUT2D eigenvalue weighted by Crippen LogP contribution is 2.23. The van der Waals surface area contributed by atoms with Gasteiger partial charge in [-0.1, -0.05) is 38.1 Å². The van der Waals surface area contributed by atoms with E-state index in [1.807, 2.05) is 27.0 Å². The SMILES string of the molecule is CSC[C@@H](C)NC(=O)CCC(=O)[C@H](CC(C)C)NC(=O)[C@@H]1CCCN1C(=O)COCCCC(=O)[C@H](Cc1ccc(C(C)=O)cc1)NC(=O)[C@@H](CCC(=O)O)CC(=O)[C@@H](CCC(=O)O)NC(=O)[C@@H](CCC(=O)O)CC(=O)[C@@H](CCC(=O)O)NC(=O)[C@H](N)CCC(=O)O. The smallest absolute Gasteiger partial charge is 0.303 e. The van der Waals surface area contributed by atoms with Crippen LogP contribution in [-0.4, -0.2) is 199 Å². The van der Waals surface area contributed by atoms with E-state index in [0.717, 1.165) is 0 Å². The quantitative estimate of drug-likeness (QED) is 0.0327. The van der Waals surface area contributed by atoms with Crippen molar-refractivity contribution in [3.8, 4) is 0 Å². The molecule has 0 aromatic heterocycles. The Morgan fingerprint density at radius 3 is 1.56 bits per heavy atom. The van der Waals surface area contributed by atoms with Crippen LogP contribution in [0.4, 0.5) is 0 Å². The van der Waals surface area contributed by atoms with Crippen molar-refractivity contribution < 1.29 is 107 Å². The number of likely N-dealkylation sites (tertiary alicyclic amines) is 1. The molecule has 91 heavy (non-hydrogen) atoms. The summed E-state index contributed by atoms with van der Waals surface area (Å²) in [6.45, 7) is 6.52. The van der Waals surface area contributed by atoms with Crippen molar-refractivity contribution in [2.45, 2.75) is 198 Å². The van der Waals surface area contributed by atoms with Crippen LogP contribution in [0.5, 0.6) is 0 Å². The second kappa shape index (κ2) is 41.4. The monoisotopic (exact) mass is 1300 g/mol. The Morgan fingerprint density at radius 1 is 0.582 bits per heavy atom. The van der Waals surface area contributed by atoms with E-state index in [1.54, 1.807) is 11.8 Å². The number of benzene rings is 1. The predicted molar refractivity (Wildman–Crippen MR) is 326 cm³/mol. The number of nitrogens with one attached hydrogen (secondary N) is 5. The number of thioether (sulfide) groups is 1. The third-order valence-corrected chi connectivity index (χ3v) is 15.7. The van der Waals surface area contributed by atoms with Crippen molar-refractivity contribution in [3.63, 3.8) is 0 Å². The number of hydrogen-bond donors (Lipinski definition) is 11. The van der Waals surface area contributed by atoms with Crippen molar-refractivity contribution >= 4 is 106 Å². The normalized spacial score (nSPS) is 15.5. The number of carbonyl (C=O) groups is 16. The topological polar surface area (TPSA) is 473 Å². The molecule has 1 aliphatic rings. The minimum Gasteiger partial charge on any atom is -0.481 e. The van der Waals surface area contributed by atoms with Gasteiger partial charge in [0.25, 0.3) is 0 Å². The summed E-state index contributed by atoms with van der Waals surface area (Å²) in [6.07, 6.45) is -5.50. The molecule has 0 bridgehead atoms. The molecule has 1 heterocycles.